The van der Waals surface area contributed by atoms with Crippen LogP contribution in [0.2, 0.25) is 5.02 Å². The fraction of sp³-hybridized carbons (Fsp3) is 0.467. The first-order valence-electron chi connectivity index (χ1n) is 19.5. The highest BCUT2D eigenvalue weighted by Crippen LogP contribution is 2.35. The number of halogens is 2. The molecule has 294 valence electrons. The minimum atomic E-state index is -0.638. The number of aromatic nitrogens is 1. The predicted octanol–water partition coefficient (Wildman–Crippen LogP) is 10.6. The van der Waals surface area contributed by atoms with Crippen LogP contribution in [0.3, 0.4) is 0 Å². The number of likely N-dealkylation sites (tertiary alicyclic amines) is 1. The number of hydrogen-bond acceptors (Lipinski definition) is 5. The molecule has 3 amide bonds. The summed E-state index contributed by atoms with van der Waals surface area (Å²) in [4.78, 5) is 44.4. The lowest BCUT2D eigenvalue weighted by Crippen LogP contribution is -2.50. The van der Waals surface area contributed by atoms with E-state index < -0.39 is 5.54 Å². The number of benzene rings is 2. The van der Waals surface area contributed by atoms with Gasteiger partial charge in [0.2, 0.25) is 5.91 Å². The summed E-state index contributed by atoms with van der Waals surface area (Å²) in [6.07, 6.45) is 10.5. The van der Waals surface area contributed by atoms with Crippen LogP contribution in [0.5, 0.6) is 5.75 Å². The van der Waals surface area contributed by atoms with Crippen LogP contribution < -0.4 is 4.74 Å². The summed E-state index contributed by atoms with van der Waals surface area (Å²) in [6.45, 7) is 16.3. The molecule has 1 aliphatic heterocycles. The summed E-state index contributed by atoms with van der Waals surface area (Å²) in [5, 5.41) is 1.33. The van der Waals surface area contributed by atoms with Crippen LogP contribution in [0.25, 0.3) is 0 Å². The number of aliphatic imine (C=N–C) groups is 1. The summed E-state index contributed by atoms with van der Waals surface area (Å²) in [6, 6.07) is 19.5. The van der Waals surface area contributed by atoms with E-state index >= 15 is 4.79 Å². The van der Waals surface area contributed by atoms with Gasteiger partial charge in [-0.15, -0.1) is 0 Å². The number of carbonyl (C=O) groups excluding carboxylic acids is 2. The van der Waals surface area contributed by atoms with Crippen LogP contribution in [-0.4, -0.2) is 69.7 Å². The van der Waals surface area contributed by atoms with Gasteiger partial charge >= 0.3 is 6.03 Å². The van der Waals surface area contributed by atoms with Crippen molar-refractivity contribution in [3.8, 4) is 5.75 Å². The van der Waals surface area contributed by atoms with Crippen LogP contribution in [-0.2, 0) is 16.8 Å². The van der Waals surface area contributed by atoms with Crippen molar-refractivity contribution in [1.82, 2.24) is 19.7 Å². The standard InChI is InChI=1S/C45H57Cl2N5O3/c1-9-55-39-28-40(44(3,4)5)48-29-38(39)42(49-45(6,7)35-17-21-37(47)22-18-35)52(30-33-15-19-36(46)20-16-33)43(54)51-25-23-32(24-26-51)27-41(53)50(8)31(2)34-13-11-10-12-14-34/h10-17,19-22,28-29,31-32,35H,9,18,23-27,30H2,1-8H3/t31-,35?/m1/s1. The fourth-order valence-corrected chi connectivity index (χ4v) is 7.38. The smallest absolute Gasteiger partial charge is 0.325 e. The molecule has 8 nitrogen and oxygen atoms in total. The van der Waals surface area contributed by atoms with E-state index in [0.717, 1.165) is 36.1 Å². The lowest BCUT2D eigenvalue weighted by atomic mass is 9.83. The Morgan fingerprint density at radius 2 is 1.69 bits per heavy atom. The first-order valence-corrected chi connectivity index (χ1v) is 20.2. The maximum Gasteiger partial charge on any atom is 0.325 e. The highest BCUT2D eigenvalue weighted by atomic mass is 35.5. The molecule has 0 radical (unpaired) electrons. The van der Waals surface area contributed by atoms with Gasteiger partial charge in [0.15, 0.2) is 0 Å². The highest BCUT2D eigenvalue weighted by molar-refractivity contribution is 6.31. The molecular formula is C45H57Cl2N5O3. The van der Waals surface area contributed by atoms with E-state index in [0.29, 0.717) is 53.3 Å². The monoisotopic (exact) mass is 785 g/mol. The number of ether oxygens (including phenoxy) is 1. The van der Waals surface area contributed by atoms with Crippen LogP contribution in [0.4, 0.5) is 4.79 Å². The molecule has 3 aromatic rings. The molecule has 1 fully saturated rings. The molecule has 55 heavy (non-hydrogen) atoms. The van der Waals surface area contributed by atoms with Crippen molar-refractivity contribution in [2.75, 3.05) is 26.7 Å². The number of pyridine rings is 1. The van der Waals surface area contributed by atoms with Crippen LogP contribution in [0, 0.1) is 11.8 Å². The van der Waals surface area contributed by atoms with Crippen molar-refractivity contribution in [2.24, 2.45) is 16.8 Å². The molecule has 2 heterocycles. The third kappa shape index (κ3) is 10.8. The van der Waals surface area contributed by atoms with Crippen molar-refractivity contribution in [3.63, 3.8) is 0 Å². The van der Waals surface area contributed by atoms with Gasteiger partial charge in [0, 0.05) is 65.9 Å². The summed E-state index contributed by atoms with van der Waals surface area (Å²) in [5.74, 6) is 1.44. The second-order valence-corrected chi connectivity index (χ2v) is 17.2. The third-order valence-electron chi connectivity index (χ3n) is 10.9. The Kier molecular flexibility index (Phi) is 13.9. The largest absolute Gasteiger partial charge is 0.493 e. The molecule has 1 saturated heterocycles. The van der Waals surface area contributed by atoms with E-state index in [-0.39, 0.29) is 41.8 Å². The van der Waals surface area contributed by atoms with Crippen LogP contribution >= 0.6 is 23.2 Å². The number of amides is 3. The Bertz CT molecular complexity index is 1880. The van der Waals surface area contributed by atoms with Gasteiger partial charge in [-0.05, 0) is 82.2 Å². The van der Waals surface area contributed by atoms with Gasteiger partial charge in [-0.3, -0.25) is 19.7 Å². The van der Waals surface area contributed by atoms with Gasteiger partial charge in [0.05, 0.1) is 30.3 Å². The Labute approximate surface area is 338 Å². The summed E-state index contributed by atoms with van der Waals surface area (Å²) in [5.41, 5.74) is 2.68. The van der Waals surface area contributed by atoms with Crippen LogP contribution in [0.15, 0.2) is 95.1 Å². The highest BCUT2D eigenvalue weighted by Gasteiger charge is 2.36. The van der Waals surface area contributed by atoms with E-state index in [1.807, 2.05) is 84.5 Å². The number of nitrogens with zero attached hydrogens (tertiary/aromatic N) is 5. The molecule has 0 saturated carbocycles. The van der Waals surface area contributed by atoms with Gasteiger partial charge in [-0.1, -0.05) is 98.6 Å². The second kappa shape index (κ2) is 18.2. The Balaban J connectivity index is 1.49. The summed E-state index contributed by atoms with van der Waals surface area (Å²) in [7, 11) is 1.88. The zero-order chi connectivity index (χ0) is 39.9. The molecule has 2 atom stereocenters. The van der Waals surface area contributed by atoms with Crippen molar-refractivity contribution in [1.29, 1.82) is 0 Å². The number of urea groups is 1. The molecule has 0 spiro atoms. The van der Waals surface area contributed by atoms with E-state index in [1.54, 1.807) is 11.1 Å². The minimum absolute atomic E-state index is 0.0237. The normalized spacial score (nSPS) is 17.4. The maximum atomic E-state index is 15.0. The van der Waals surface area contributed by atoms with Gasteiger partial charge < -0.3 is 14.5 Å². The van der Waals surface area contributed by atoms with Gasteiger partial charge in [0.25, 0.3) is 0 Å². The zero-order valence-corrected chi connectivity index (χ0v) is 35.2. The number of piperidine rings is 1. The third-order valence-corrected chi connectivity index (χ3v) is 11.4. The van der Waals surface area contributed by atoms with E-state index in [1.165, 1.54) is 0 Å². The fourth-order valence-electron chi connectivity index (χ4n) is 7.10. The molecule has 1 aliphatic carbocycles. The quantitative estimate of drug-likeness (QED) is 0.143. The molecule has 1 aromatic heterocycles. The summed E-state index contributed by atoms with van der Waals surface area (Å²) < 4.78 is 6.32. The van der Waals surface area contributed by atoms with Crippen molar-refractivity contribution in [2.45, 2.75) is 97.7 Å². The molecule has 0 bridgehead atoms. The topological polar surface area (TPSA) is 78.3 Å². The SMILES string of the molecule is CCOc1cc(C(C)(C)C)ncc1C(=NC(C)(C)C1C=CC(Cl)=CC1)N(Cc1ccc(Cl)cc1)C(=O)N1CCC(CC(=O)N(C)[C@H](C)c2ccccc2)CC1. The zero-order valence-electron chi connectivity index (χ0n) is 33.7. The number of carbonyl (C=O) groups is 2. The predicted molar refractivity (Wildman–Crippen MR) is 225 cm³/mol. The number of allylic oxidation sites excluding steroid dienone is 3. The lowest BCUT2D eigenvalue weighted by Gasteiger charge is -2.38. The molecular weight excluding hydrogens is 729 g/mol. The molecule has 2 aliphatic rings. The molecule has 10 heteroatoms. The number of amidine groups is 1. The first kappa shape index (κ1) is 42.0. The van der Waals surface area contributed by atoms with E-state index in [2.05, 4.69) is 59.8 Å². The van der Waals surface area contributed by atoms with Crippen LogP contribution in [0.1, 0.15) is 103 Å². The second-order valence-electron chi connectivity index (χ2n) is 16.3. The average Bonchev–Trinajstić information content (AvgIpc) is 3.16. The lowest BCUT2D eigenvalue weighted by molar-refractivity contribution is -0.133. The Morgan fingerprint density at radius 3 is 2.29 bits per heavy atom. The maximum absolute atomic E-state index is 15.0. The molecule has 2 aromatic carbocycles. The van der Waals surface area contributed by atoms with Gasteiger partial charge in [-0.25, -0.2) is 4.79 Å². The molecule has 1 unspecified atom stereocenters. The summed E-state index contributed by atoms with van der Waals surface area (Å²) >= 11 is 12.7. The minimum Gasteiger partial charge on any atom is -0.493 e. The van der Waals surface area contributed by atoms with E-state index in [9.17, 15) is 4.79 Å². The van der Waals surface area contributed by atoms with E-state index in [4.69, 9.17) is 37.9 Å². The molecule has 5 rings (SSSR count). The van der Waals surface area contributed by atoms with Gasteiger partial charge in [0.1, 0.15) is 11.6 Å². The first-order chi connectivity index (χ1) is 26.1. The molecule has 0 N–H and O–H groups in total. The number of hydrogen-bond donors (Lipinski definition) is 0. The average molecular weight is 787 g/mol. The van der Waals surface area contributed by atoms with Crippen molar-refractivity contribution < 1.29 is 14.3 Å². The van der Waals surface area contributed by atoms with Crippen molar-refractivity contribution in [3.05, 3.63) is 118 Å². The van der Waals surface area contributed by atoms with Crippen molar-refractivity contribution >= 4 is 41.0 Å². The Hall–Kier alpha value is -4.14. The van der Waals surface area contributed by atoms with Gasteiger partial charge in [-0.2, -0.15) is 0 Å². The number of rotatable bonds is 11. The Morgan fingerprint density at radius 1 is 1.02 bits per heavy atom.